The van der Waals surface area contributed by atoms with Gasteiger partial charge < -0.3 is 10.3 Å². The number of nitrogens with zero attached hydrogens (tertiary/aromatic N) is 4. The summed E-state index contributed by atoms with van der Waals surface area (Å²) < 4.78 is 14.9. The van der Waals surface area contributed by atoms with Crippen LogP contribution in [0.25, 0.3) is 22.9 Å². The number of nitrogen functional groups attached to an aromatic ring is 1. The summed E-state index contributed by atoms with van der Waals surface area (Å²) in [5.41, 5.74) is 7.86. The molecular weight excluding hydrogens is 376 g/mol. The summed E-state index contributed by atoms with van der Waals surface area (Å²) in [5.74, 6) is 0.934. The van der Waals surface area contributed by atoms with Gasteiger partial charge >= 0.3 is 0 Å². The SMILES string of the molecule is Nc1ncn(Cc2c(Cl)cccc2Cl)c2nc(-c3ccc(F)cc3)nc1-2. The van der Waals surface area contributed by atoms with Crippen molar-refractivity contribution in [1.82, 2.24) is 19.5 Å². The van der Waals surface area contributed by atoms with E-state index in [9.17, 15) is 4.39 Å². The number of anilines is 1. The molecule has 26 heavy (non-hydrogen) atoms. The summed E-state index contributed by atoms with van der Waals surface area (Å²) in [5, 5.41) is 1.10. The second-order valence-corrected chi connectivity index (χ2v) is 6.50. The van der Waals surface area contributed by atoms with Gasteiger partial charge in [0, 0.05) is 21.2 Å². The number of aromatic nitrogens is 4. The first-order chi connectivity index (χ1) is 12.5. The van der Waals surface area contributed by atoms with Gasteiger partial charge in [0.05, 0.1) is 12.9 Å². The number of nitrogens with two attached hydrogens (primary N) is 1. The van der Waals surface area contributed by atoms with Crippen molar-refractivity contribution in [1.29, 1.82) is 0 Å². The number of fused-ring (bicyclic) bond motifs is 1. The van der Waals surface area contributed by atoms with E-state index in [0.29, 0.717) is 39.5 Å². The summed E-state index contributed by atoms with van der Waals surface area (Å²) >= 11 is 12.5. The van der Waals surface area contributed by atoms with E-state index in [-0.39, 0.29) is 11.6 Å². The Hall–Kier alpha value is -2.70. The lowest BCUT2D eigenvalue weighted by atomic mass is 10.2. The molecule has 5 nitrogen and oxygen atoms in total. The third-order valence-corrected chi connectivity index (χ3v) is 4.69. The molecule has 0 bridgehead atoms. The van der Waals surface area contributed by atoms with Crippen molar-refractivity contribution >= 4 is 29.0 Å². The standard InChI is InChI=1S/C18H12Cl2FN5/c19-13-2-1-3-14(20)12(13)8-26-9-23-16(22)15-18(26)25-17(24-15)10-4-6-11(21)7-5-10/h1-7,9H,8,22H2. The molecule has 0 aliphatic carbocycles. The Bertz CT molecular complexity index is 1040. The van der Waals surface area contributed by atoms with E-state index in [1.54, 1.807) is 41.2 Å². The van der Waals surface area contributed by atoms with Crippen LogP contribution in [0.4, 0.5) is 10.2 Å². The number of hydrogen-bond acceptors (Lipinski definition) is 4. The summed E-state index contributed by atoms with van der Waals surface area (Å²) in [4.78, 5) is 13.2. The number of rotatable bonds is 3. The van der Waals surface area contributed by atoms with E-state index in [1.807, 2.05) is 0 Å². The lowest BCUT2D eigenvalue weighted by molar-refractivity contribution is 0.628. The van der Waals surface area contributed by atoms with E-state index >= 15 is 0 Å². The van der Waals surface area contributed by atoms with Gasteiger partial charge in [0.25, 0.3) is 0 Å². The first kappa shape index (κ1) is 16.8. The predicted octanol–water partition coefficient (Wildman–Crippen LogP) is 4.52. The average Bonchev–Trinajstić information content (AvgIpc) is 3.07. The second kappa shape index (κ2) is 6.55. The Labute approximate surface area is 158 Å². The highest BCUT2D eigenvalue weighted by atomic mass is 35.5. The smallest absolute Gasteiger partial charge is 0.166 e. The highest BCUT2D eigenvalue weighted by molar-refractivity contribution is 6.35. The first-order valence-corrected chi connectivity index (χ1v) is 8.45. The van der Waals surface area contributed by atoms with Crippen LogP contribution in [0.2, 0.25) is 10.0 Å². The fraction of sp³-hybridized carbons (Fsp3) is 0.0556. The number of imidazole rings is 1. The molecule has 2 N–H and O–H groups in total. The monoisotopic (exact) mass is 387 g/mol. The van der Waals surface area contributed by atoms with Crippen molar-refractivity contribution in [2.75, 3.05) is 5.73 Å². The average molecular weight is 388 g/mol. The van der Waals surface area contributed by atoms with Crippen LogP contribution in [-0.2, 0) is 6.54 Å². The fourth-order valence-electron chi connectivity index (χ4n) is 2.65. The van der Waals surface area contributed by atoms with Crippen LogP contribution in [0.1, 0.15) is 5.56 Å². The van der Waals surface area contributed by atoms with Gasteiger partial charge in [0.15, 0.2) is 23.2 Å². The maximum absolute atomic E-state index is 13.2. The molecule has 0 unspecified atom stereocenters. The number of benzene rings is 2. The molecule has 0 aromatic heterocycles. The van der Waals surface area contributed by atoms with E-state index in [0.717, 1.165) is 5.56 Å². The zero-order chi connectivity index (χ0) is 18.3. The third-order valence-electron chi connectivity index (χ3n) is 3.98. The third kappa shape index (κ3) is 2.98. The summed E-state index contributed by atoms with van der Waals surface area (Å²) in [6, 6.07) is 11.3. The Kier molecular flexibility index (Phi) is 4.22. The molecule has 2 aromatic rings. The molecule has 0 saturated heterocycles. The van der Waals surface area contributed by atoms with Gasteiger partial charge in [0.1, 0.15) is 5.82 Å². The predicted molar refractivity (Wildman–Crippen MR) is 99.8 cm³/mol. The molecule has 2 aromatic carbocycles. The van der Waals surface area contributed by atoms with Gasteiger partial charge in [0.2, 0.25) is 0 Å². The normalized spacial score (nSPS) is 11.2. The maximum atomic E-state index is 13.2. The Balaban J connectivity index is 1.82. The largest absolute Gasteiger partial charge is 0.382 e. The summed E-state index contributed by atoms with van der Waals surface area (Å²) in [6.07, 6.45) is 1.57. The molecule has 0 radical (unpaired) electrons. The van der Waals surface area contributed by atoms with Crippen LogP contribution < -0.4 is 5.73 Å². The number of hydrogen-bond donors (Lipinski definition) is 1. The molecule has 130 valence electrons. The van der Waals surface area contributed by atoms with Gasteiger partial charge in [-0.2, -0.15) is 0 Å². The zero-order valence-corrected chi connectivity index (χ0v) is 14.8. The van der Waals surface area contributed by atoms with E-state index in [2.05, 4.69) is 15.0 Å². The summed E-state index contributed by atoms with van der Waals surface area (Å²) in [6.45, 7) is 0.365. The quantitative estimate of drug-likeness (QED) is 0.560. The van der Waals surface area contributed by atoms with Crippen LogP contribution >= 0.6 is 23.2 Å². The van der Waals surface area contributed by atoms with Crippen molar-refractivity contribution in [2.45, 2.75) is 6.54 Å². The molecule has 0 atom stereocenters. The molecule has 0 spiro atoms. The molecule has 2 heterocycles. The molecule has 0 amide bonds. The van der Waals surface area contributed by atoms with Gasteiger partial charge in [-0.05, 0) is 36.4 Å². The highest BCUT2D eigenvalue weighted by Crippen LogP contribution is 2.31. The molecule has 0 saturated carbocycles. The van der Waals surface area contributed by atoms with Crippen molar-refractivity contribution in [3.8, 4) is 22.9 Å². The Morgan fingerprint density at radius 2 is 1.69 bits per heavy atom. The molecular formula is C18H12Cl2FN5. The molecule has 2 aliphatic rings. The minimum Gasteiger partial charge on any atom is -0.382 e. The second-order valence-electron chi connectivity index (χ2n) is 5.68. The zero-order valence-electron chi connectivity index (χ0n) is 13.3. The van der Waals surface area contributed by atoms with Gasteiger partial charge in [-0.15, -0.1) is 0 Å². The van der Waals surface area contributed by atoms with Crippen LogP contribution in [0.3, 0.4) is 0 Å². The fourth-order valence-corrected chi connectivity index (χ4v) is 3.17. The molecule has 0 fully saturated rings. The van der Waals surface area contributed by atoms with Crippen LogP contribution in [-0.4, -0.2) is 19.5 Å². The van der Waals surface area contributed by atoms with Crippen molar-refractivity contribution < 1.29 is 4.39 Å². The molecule has 4 rings (SSSR count). The van der Waals surface area contributed by atoms with Crippen molar-refractivity contribution in [3.63, 3.8) is 0 Å². The van der Waals surface area contributed by atoms with E-state index < -0.39 is 0 Å². The minimum atomic E-state index is -0.325. The van der Waals surface area contributed by atoms with Gasteiger partial charge in [-0.3, -0.25) is 0 Å². The number of halogens is 3. The van der Waals surface area contributed by atoms with Crippen LogP contribution in [0, 0.1) is 5.82 Å². The minimum absolute atomic E-state index is 0.266. The van der Waals surface area contributed by atoms with Gasteiger partial charge in [-0.1, -0.05) is 29.3 Å². The Morgan fingerprint density at radius 3 is 2.38 bits per heavy atom. The lowest BCUT2D eigenvalue weighted by Gasteiger charge is -2.13. The van der Waals surface area contributed by atoms with Crippen molar-refractivity contribution in [2.24, 2.45) is 0 Å². The van der Waals surface area contributed by atoms with Gasteiger partial charge in [-0.25, -0.2) is 19.3 Å². The summed E-state index contributed by atoms with van der Waals surface area (Å²) in [7, 11) is 0. The first-order valence-electron chi connectivity index (χ1n) is 7.70. The molecule has 2 aliphatic heterocycles. The topological polar surface area (TPSA) is 69.6 Å². The lowest BCUT2D eigenvalue weighted by Crippen LogP contribution is -2.09. The van der Waals surface area contributed by atoms with E-state index in [1.165, 1.54) is 12.1 Å². The van der Waals surface area contributed by atoms with E-state index in [4.69, 9.17) is 28.9 Å². The Morgan fingerprint density at radius 1 is 1.00 bits per heavy atom. The van der Waals surface area contributed by atoms with Crippen molar-refractivity contribution in [3.05, 3.63) is 70.2 Å². The van der Waals surface area contributed by atoms with Crippen LogP contribution in [0.5, 0.6) is 0 Å². The maximum Gasteiger partial charge on any atom is 0.166 e. The van der Waals surface area contributed by atoms with Crippen LogP contribution in [0.15, 0.2) is 48.8 Å². The molecule has 8 heteroatoms. The highest BCUT2D eigenvalue weighted by Gasteiger charge is 2.20.